The van der Waals surface area contributed by atoms with Crippen molar-refractivity contribution < 1.29 is 24.5 Å². The molecule has 3 N–H and O–H groups in total. The van der Waals surface area contributed by atoms with Gasteiger partial charge in [-0.2, -0.15) is 0 Å². The van der Waals surface area contributed by atoms with Crippen LogP contribution in [0.5, 0.6) is 0 Å². The molecule has 0 fully saturated rings. The molecule has 0 aromatic heterocycles. The molecule has 0 aliphatic heterocycles. The summed E-state index contributed by atoms with van der Waals surface area (Å²) in [5.74, 6) is -0.0537. The van der Waals surface area contributed by atoms with Crippen molar-refractivity contribution in [2.75, 3.05) is 13.2 Å². The third kappa shape index (κ3) is 59.2. The predicted molar refractivity (Wildman–Crippen MR) is 319 cm³/mol. The minimum Gasteiger partial charge on any atom is -0.466 e. The molecule has 0 rings (SSSR count). The van der Waals surface area contributed by atoms with E-state index in [4.69, 9.17) is 4.74 Å². The Bertz CT molecular complexity index is 1180. The SMILES string of the molecule is CCCCC/C=C\C/C=C\CCCCCCCCCCCC(=O)OCCCCCCCCCCCCCCCCCCCCCCCCCCCC(=O)NC(CO)C(O)/C=C/CCCCCCCCCCCC. The van der Waals surface area contributed by atoms with E-state index < -0.39 is 12.1 Å². The molecule has 0 spiro atoms. The maximum atomic E-state index is 12.4. The smallest absolute Gasteiger partial charge is 0.305 e. The summed E-state index contributed by atoms with van der Waals surface area (Å²) in [5, 5.41) is 23.1. The number of hydrogen-bond acceptors (Lipinski definition) is 5. The molecule has 0 aromatic rings. The van der Waals surface area contributed by atoms with Crippen molar-refractivity contribution in [3.05, 3.63) is 36.5 Å². The largest absolute Gasteiger partial charge is 0.466 e. The highest BCUT2D eigenvalue weighted by Crippen LogP contribution is 2.18. The van der Waals surface area contributed by atoms with Gasteiger partial charge in [0.25, 0.3) is 0 Å². The molecule has 0 saturated heterocycles. The molecule has 6 heteroatoms. The van der Waals surface area contributed by atoms with Gasteiger partial charge in [0.2, 0.25) is 5.91 Å². The fraction of sp³-hybridized carbons (Fsp3) is 0.881. The molecule has 0 bridgehead atoms. The molecule has 0 aliphatic rings. The highest BCUT2D eigenvalue weighted by atomic mass is 16.5. The van der Waals surface area contributed by atoms with Crippen LogP contribution in [0, 0.1) is 0 Å². The molecule has 0 aromatic carbocycles. The van der Waals surface area contributed by atoms with Crippen LogP contribution in [0.1, 0.15) is 354 Å². The number of aliphatic hydroxyl groups excluding tert-OH is 2. The molecule has 2 atom stereocenters. The number of esters is 1. The van der Waals surface area contributed by atoms with Crippen LogP contribution in [0.4, 0.5) is 0 Å². The normalized spacial score (nSPS) is 12.8. The first-order valence-corrected chi connectivity index (χ1v) is 32.8. The number of allylic oxidation sites excluding steroid dienone is 5. The van der Waals surface area contributed by atoms with Crippen molar-refractivity contribution in [3.8, 4) is 0 Å². The van der Waals surface area contributed by atoms with Gasteiger partial charge in [0, 0.05) is 12.8 Å². The van der Waals surface area contributed by atoms with E-state index in [9.17, 15) is 19.8 Å². The summed E-state index contributed by atoms with van der Waals surface area (Å²) in [4.78, 5) is 24.5. The van der Waals surface area contributed by atoms with E-state index in [0.717, 1.165) is 51.4 Å². The van der Waals surface area contributed by atoms with Crippen molar-refractivity contribution in [2.24, 2.45) is 0 Å². The molecule has 6 nitrogen and oxygen atoms in total. The van der Waals surface area contributed by atoms with Gasteiger partial charge in [-0.05, 0) is 64.2 Å². The molecular formula is C67H127NO5. The van der Waals surface area contributed by atoms with E-state index >= 15 is 0 Å². The molecule has 0 heterocycles. The van der Waals surface area contributed by atoms with Crippen LogP contribution in [0.3, 0.4) is 0 Å². The monoisotopic (exact) mass is 1030 g/mol. The number of rotatable bonds is 61. The molecule has 430 valence electrons. The van der Waals surface area contributed by atoms with Gasteiger partial charge in [-0.15, -0.1) is 0 Å². The van der Waals surface area contributed by atoms with Gasteiger partial charge in [0.1, 0.15) is 0 Å². The summed E-state index contributed by atoms with van der Waals surface area (Å²) in [7, 11) is 0. The summed E-state index contributed by atoms with van der Waals surface area (Å²) in [6.07, 6.45) is 79.2. The Morgan fingerprint density at radius 1 is 0.384 bits per heavy atom. The lowest BCUT2D eigenvalue weighted by Gasteiger charge is -2.20. The van der Waals surface area contributed by atoms with Crippen LogP contribution in [0.15, 0.2) is 36.5 Å². The number of amides is 1. The molecule has 0 saturated carbocycles. The van der Waals surface area contributed by atoms with Gasteiger partial charge in [0.15, 0.2) is 0 Å². The van der Waals surface area contributed by atoms with Crippen LogP contribution in [-0.4, -0.2) is 47.4 Å². The zero-order chi connectivity index (χ0) is 52.9. The molecular weight excluding hydrogens is 899 g/mol. The molecule has 1 amide bonds. The van der Waals surface area contributed by atoms with Crippen molar-refractivity contribution in [2.45, 2.75) is 366 Å². The molecule has 2 unspecified atom stereocenters. The summed E-state index contributed by atoms with van der Waals surface area (Å²) < 4.78 is 5.50. The second-order valence-electron chi connectivity index (χ2n) is 22.5. The Morgan fingerprint density at radius 3 is 1.07 bits per heavy atom. The summed E-state index contributed by atoms with van der Waals surface area (Å²) in [6.45, 7) is 4.89. The van der Waals surface area contributed by atoms with Crippen LogP contribution >= 0.6 is 0 Å². The number of carbonyl (C=O) groups excluding carboxylic acids is 2. The van der Waals surface area contributed by atoms with Crippen molar-refractivity contribution in [3.63, 3.8) is 0 Å². The van der Waals surface area contributed by atoms with Crippen molar-refractivity contribution in [1.82, 2.24) is 5.32 Å². The first kappa shape index (κ1) is 71.1. The lowest BCUT2D eigenvalue weighted by atomic mass is 10.0. The van der Waals surface area contributed by atoms with Gasteiger partial charge in [-0.3, -0.25) is 9.59 Å². The van der Waals surface area contributed by atoms with E-state index in [1.54, 1.807) is 6.08 Å². The Morgan fingerprint density at radius 2 is 0.685 bits per heavy atom. The number of unbranched alkanes of at least 4 members (excludes halogenated alkanes) is 46. The first-order chi connectivity index (χ1) is 36.0. The highest BCUT2D eigenvalue weighted by Gasteiger charge is 2.18. The Labute approximate surface area is 455 Å². The van der Waals surface area contributed by atoms with E-state index in [1.807, 2.05) is 6.08 Å². The number of ether oxygens (including phenoxy) is 1. The number of nitrogens with one attached hydrogen (secondary N) is 1. The fourth-order valence-electron chi connectivity index (χ4n) is 10.1. The summed E-state index contributed by atoms with van der Waals surface area (Å²) >= 11 is 0. The van der Waals surface area contributed by atoms with Crippen molar-refractivity contribution >= 4 is 11.9 Å². The van der Waals surface area contributed by atoms with Gasteiger partial charge in [0.05, 0.1) is 25.4 Å². The lowest BCUT2D eigenvalue weighted by Crippen LogP contribution is -2.45. The molecule has 73 heavy (non-hydrogen) atoms. The zero-order valence-corrected chi connectivity index (χ0v) is 49.1. The second kappa shape index (κ2) is 62.6. The lowest BCUT2D eigenvalue weighted by molar-refractivity contribution is -0.143. The minimum absolute atomic E-state index is 0.0123. The van der Waals surface area contributed by atoms with Gasteiger partial charge in [-0.1, -0.05) is 314 Å². The Hall–Kier alpha value is -1.92. The summed E-state index contributed by atoms with van der Waals surface area (Å²) in [6, 6.07) is -0.625. The Balaban J connectivity index is 3.35. The van der Waals surface area contributed by atoms with Gasteiger partial charge in [-0.25, -0.2) is 0 Å². The third-order valence-electron chi connectivity index (χ3n) is 15.2. The maximum Gasteiger partial charge on any atom is 0.305 e. The van der Waals surface area contributed by atoms with E-state index in [2.05, 4.69) is 43.5 Å². The summed E-state index contributed by atoms with van der Waals surface area (Å²) in [5.41, 5.74) is 0. The highest BCUT2D eigenvalue weighted by molar-refractivity contribution is 5.76. The zero-order valence-electron chi connectivity index (χ0n) is 49.1. The van der Waals surface area contributed by atoms with E-state index in [1.165, 1.54) is 276 Å². The van der Waals surface area contributed by atoms with Gasteiger partial charge >= 0.3 is 5.97 Å². The quantitative estimate of drug-likeness (QED) is 0.0320. The van der Waals surface area contributed by atoms with Crippen LogP contribution in [0.2, 0.25) is 0 Å². The van der Waals surface area contributed by atoms with Crippen LogP contribution < -0.4 is 5.32 Å². The van der Waals surface area contributed by atoms with Crippen LogP contribution in [-0.2, 0) is 14.3 Å². The predicted octanol–water partition coefficient (Wildman–Crippen LogP) is 20.8. The standard InChI is InChI=1S/C67H127NO5/c1-3-5-7-9-11-13-15-17-18-19-27-31-34-37-41-45-49-53-57-61-67(72)73-62-58-54-50-46-42-38-35-32-29-26-24-22-20-21-23-25-28-30-33-36-40-44-48-52-56-60-66(71)68-64(63-69)65(70)59-55-51-47-43-39-16-14-12-10-8-6-4-2/h11,13,17-18,55,59,64-65,69-70H,3-10,12,14-16,19-54,56-58,60-63H2,1-2H3,(H,68,71)/b13-11-,18-17-,59-55+. The molecule has 0 aliphatic carbocycles. The van der Waals surface area contributed by atoms with Gasteiger partial charge < -0.3 is 20.3 Å². The average Bonchev–Trinajstić information content (AvgIpc) is 3.39. The minimum atomic E-state index is -0.842. The second-order valence-corrected chi connectivity index (χ2v) is 22.5. The number of aliphatic hydroxyl groups is 2. The average molecular weight is 1030 g/mol. The third-order valence-corrected chi connectivity index (χ3v) is 15.2. The Kier molecular flexibility index (Phi) is 61.0. The maximum absolute atomic E-state index is 12.4. The topological polar surface area (TPSA) is 95.9 Å². The number of carbonyl (C=O) groups is 2. The first-order valence-electron chi connectivity index (χ1n) is 32.8. The van der Waals surface area contributed by atoms with E-state index in [-0.39, 0.29) is 18.5 Å². The van der Waals surface area contributed by atoms with E-state index in [0.29, 0.717) is 19.4 Å². The number of hydrogen-bond donors (Lipinski definition) is 3. The van der Waals surface area contributed by atoms with Crippen molar-refractivity contribution in [1.29, 1.82) is 0 Å². The fourth-order valence-corrected chi connectivity index (χ4v) is 10.1. The van der Waals surface area contributed by atoms with Crippen LogP contribution in [0.25, 0.3) is 0 Å². The molecule has 0 radical (unpaired) electrons.